The first-order valence-electron chi connectivity index (χ1n) is 5.58. The third-order valence-electron chi connectivity index (χ3n) is 2.49. The van der Waals surface area contributed by atoms with Crippen molar-refractivity contribution in [2.24, 2.45) is 5.73 Å². The minimum Gasteiger partial charge on any atom is -0.486 e. The number of carbonyl (C=O) groups excluding carboxylic acids is 1. The van der Waals surface area contributed by atoms with E-state index in [1.807, 2.05) is 24.3 Å². The van der Waals surface area contributed by atoms with Gasteiger partial charge in [-0.3, -0.25) is 4.79 Å². The molecule has 1 heterocycles. The zero-order valence-electron chi connectivity index (χ0n) is 9.68. The van der Waals surface area contributed by atoms with Gasteiger partial charge in [-0.1, -0.05) is 12.1 Å². The van der Waals surface area contributed by atoms with Crippen molar-refractivity contribution in [1.82, 2.24) is 5.32 Å². The van der Waals surface area contributed by atoms with Gasteiger partial charge < -0.3 is 20.5 Å². The van der Waals surface area contributed by atoms with E-state index in [0.29, 0.717) is 18.9 Å². The molecule has 3 N–H and O–H groups in total. The van der Waals surface area contributed by atoms with Gasteiger partial charge in [-0.25, -0.2) is 0 Å². The molecule has 1 aromatic carbocycles. The van der Waals surface area contributed by atoms with E-state index >= 15 is 0 Å². The first-order chi connectivity index (χ1) is 8.16. The quantitative estimate of drug-likeness (QED) is 0.791. The summed E-state index contributed by atoms with van der Waals surface area (Å²) in [6.45, 7) is 2.47. The van der Waals surface area contributed by atoms with Gasteiger partial charge in [-0.05, 0) is 19.1 Å². The molecule has 5 heteroatoms. The number of para-hydroxylation sites is 2. The number of hydrogen-bond acceptors (Lipinski definition) is 4. The molecule has 0 bridgehead atoms. The summed E-state index contributed by atoms with van der Waals surface area (Å²) in [5.74, 6) is 1.26. The number of amides is 1. The molecule has 5 nitrogen and oxygen atoms in total. The SMILES string of the molecule is C[C@H](N)C(=O)NCC1COc2ccccc2O1. The van der Waals surface area contributed by atoms with Gasteiger partial charge >= 0.3 is 0 Å². The third-order valence-corrected chi connectivity index (χ3v) is 2.49. The molecule has 0 fully saturated rings. The smallest absolute Gasteiger partial charge is 0.236 e. The maximum Gasteiger partial charge on any atom is 0.236 e. The zero-order chi connectivity index (χ0) is 12.3. The van der Waals surface area contributed by atoms with Crippen molar-refractivity contribution in [3.63, 3.8) is 0 Å². The number of hydrogen-bond donors (Lipinski definition) is 2. The molecule has 0 radical (unpaired) electrons. The second-order valence-electron chi connectivity index (χ2n) is 4.03. The summed E-state index contributed by atoms with van der Waals surface area (Å²) in [5.41, 5.74) is 5.44. The number of benzene rings is 1. The molecule has 17 heavy (non-hydrogen) atoms. The molecule has 1 aliphatic heterocycles. The Kier molecular flexibility index (Phi) is 3.49. The van der Waals surface area contributed by atoms with Crippen LogP contribution in [0, 0.1) is 0 Å². The zero-order valence-corrected chi connectivity index (χ0v) is 9.68. The highest BCUT2D eigenvalue weighted by Gasteiger charge is 2.21. The van der Waals surface area contributed by atoms with Crippen LogP contribution >= 0.6 is 0 Å². The number of carbonyl (C=O) groups is 1. The molecule has 0 aliphatic carbocycles. The van der Waals surface area contributed by atoms with E-state index < -0.39 is 6.04 Å². The van der Waals surface area contributed by atoms with Crippen LogP contribution in [0.5, 0.6) is 11.5 Å². The Labute approximate surface area is 99.9 Å². The van der Waals surface area contributed by atoms with Crippen molar-refractivity contribution >= 4 is 5.91 Å². The molecule has 2 rings (SSSR count). The predicted octanol–water partition coefficient (Wildman–Crippen LogP) is 0.290. The van der Waals surface area contributed by atoms with Gasteiger partial charge in [-0.15, -0.1) is 0 Å². The number of nitrogens with two attached hydrogens (primary N) is 1. The van der Waals surface area contributed by atoms with E-state index in [0.717, 1.165) is 5.75 Å². The van der Waals surface area contributed by atoms with Crippen LogP contribution in [0.15, 0.2) is 24.3 Å². The number of nitrogens with one attached hydrogen (secondary N) is 1. The molecule has 1 unspecified atom stereocenters. The number of fused-ring (bicyclic) bond motifs is 1. The summed E-state index contributed by atoms with van der Waals surface area (Å²) in [4.78, 5) is 11.3. The molecule has 1 aliphatic rings. The average molecular weight is 236 g/mol. The van der Waals surface area contributed by atoms with Crippen LogP contribution in [0.25, 0.3) is 0 Å². The van der Waals surface area contributed by atoms with Gasteiger partial charge in [0.05, 0.1) is 12.6 Å². The molecule has 92 valence electrons. The lowest BCUT2D eigenvalue weighted by atomic mass is 10.2. The molecule has 0 aromatic heterocycles. The van der Waals surface area contributed by atoms with Gasteiger partial charge in [0.2, 0.25) is 5.91 Å². The highest BCUT2D eigenvalue weighted by molar-refractivity contribution is 5.80. The fraction of sp³-hybridized carbons (Fsp3) is 0.417. The van der Waals surface area contributed by atoms with Crippen molar-refractivity contribution in [2.45, 2.75) is 19.1 Å². The Morgan fingerprint density at radius 1 is 1.53 bits per heavy atom. The van der Waals surface area contributed by atoms with Crippen LogP contribution in [-0.2, 0) is 4.79 Å². The molecular weight excluding hydrogens is 220 g/mol. The number of ether oxygens (including phenoxy) is 2. The molecule has 1 amide bonds. The highest BCUT2D eigenvalue weighted by atomic mass is 16.6. The minimum atomic E-state index is -0.508. The minimum absolute atomic E-state index is 0.174. The maximum atomic E-state index is 11.3. The lowest BCUT2D eigenvalue weighted by Crippen LogP contribution is -2.45. The molecule has 1 aromatic rings. The van der Waals surface area contributed by atoms with Crippen LogP contribution in [0.2, 0.25) is 0 Å². The van der Waals surface area contributed by atoms with Crippen molar-refractivity contribution < 1.29 is 14.3 Å². The second-order valence-corrected chi connectivity index (χ2v) is 4.03. The Morgan fingerprint density at radius 2 is 2.24 bits per heavy atom. The topological polar surface area (TPSA) is 73.6 Å². The van der Waals surface area contributed by atoms with E-state index in [9.17, 15) is 4.79 Å². The van der Waals surface area contributed by atoms with Crippen molar-refractivity contribution in [3.05, 3.63) is 24.3 Å². The van der Waals surface area contributed by atoms with E-state index in [-0.39, 0.29) is 12.0 Å². The Morgan fingerprint density at radius 3 is 2.94 bits per heavy atom. The standard InChI is InChI=1S/C12H16N2O3/c1-8(13)12(15)14-6-9-7-16-10-4-2-3-5-11(10)17-9/h2-5,8-9H,6-7,13H2,1H3,(H,14,15)/t8-,9?/m0/s1. The Bertz CT molecular complexity index is 406. The summed E-state index contributed by atoms with van der Waals surface area (Å²) >= 11 is 0. The van der Waals surface area contributed by atoms with Gasteiger partial charge in [0.1, 0.15) is 12.7 Å². The van der Waals surface area contributed by atoms with Crippen molar-refractivity contribution in [2.75, 3.05) is 13.2 Å². The van der Waals surface area contributed by atoms with Gasteiger partial charge in [-0.2, -0.15) is 0 Å². The van der Waals surface area contributed by atoms with E-state index in [4.69, 9.17) is 15.2 Å². The van der Waals surface area contributed by atoms with Crippen LogP contribution in [-0.4, -0.2) is 31.2 Å². The average Bonchev–Trinajstić information content (AvgIpc) is 2.35. The lowest BCUT2D eigenvalue weighted by molar-refractivity contribution is -0.122. The second kappa shape index (κ2) is 5.05. The van der Waals surface area contributed by atoms with Crippen LogP contribution < -0.4 is 20.5 Å². The summed E-state index contributed by atoms with van der Waals surface area (Å²) in [6, 6.07) is 6.96. The highest BCUT2D eigenvalue weighted by Crippen LogP contribution is 2.30. The monoisotopic (exact) mass is 236 g/mol. The fourth-order valence-electron chi connectivity index (χ4n) is 1.54. The Hall–Kier alpha value is -1.75. The van der Waals surface area contributed by atoms with Gasteiger partial charge in [0, 0.05) is 0 Å². The fourth-order valence-corrected chi connectivity index (χ4v) is 1.54. The van der Waals surface area contributed by atoms with Gasteiger partial charge in [0.25, 0.3) is 0 Å². The van der Waals surface area contributed by atoms with Crippen molar-refractivity contribution in [3.8, 4) is 11.5 Å². The van der Waals surface area contributed by atoms with E-state index in [2.05, 4.69) is 5.32 Å². The largest absolute Gasteiger partial charge is 0.486 e. The first kappa shape index (κ1) is 11.7. The Balaban J connectivity index is 1.88. The molecular formula is C12H16N2O3. The maximum absolute atomic E-state index is 11.3. The van der Waals surface area contributed by atoms with Crippen LogP contribution in [0.3, 0.4) is 0 Å². The normalized spacial score (nSPS) is 19.5. The van der Waals surface area contributed by atoms with Crippen LogP contribution in [0.4, 0.5) is 0 Å². The molecule has 2 atom stereocenters. The summed E-state index contributed by atoms with van der Waals surface area (Å²) in [5, 5.41) is 2.71. The molecule has 0 spiro atoms. The number of rotatable bonds is 3. The lowest BCUT2D eigenvalue weighted by Gasteiger charge is -2.26. The third kappa shape index (κ3) is 2.88. The predicted molar refractivity (Wildman–Crippen MR) is 63.0 cm³/mol. The van der Waals surface area contributed by atoms with Gasteiger partial charge in [0.15, 0.2) is 11.5 Å². The van der Waals surface area contributed by atoms with Crippen LogP contribution in [0.1, 0.15) is 6.92 Å². The van der Waals surface area contributed by atoms with E-state index in [1.165, 1.54) is 0 Å². The van der Waals surface area contributed by atoms with Crippen molar-refractivity contribution in [1.29, 1.82) is 0 Å². The summed E-state index contributed by atoms with van der Waals surface area (Å²) < 4.78 is 11.2. The first-order valence-corrected chi connectivity index (χ1v) is 5.58. The molecule has 0 saturated heterocycles. The summed E-state index contributed by atoms with van der Waals surface area (Å²) in [6.07, 6.45) is -0.174. The van der Waals surface area contributed by atoms with E-state index in [1.54, 1.807) is 6.92 Å². The summed E-state index contributed by atoms with van der Waals surface area (Å²) in [7, 11) is 0. The molecule has 0 saturated carbocycles.